The van der Waals surface area contributed by atoms with Crippen molar-refractivity contribution >= 4 is 5.91 Å². The summed E-state index contributed by atoms with van der Waals surface area (Å²) in [5, 5.41) is 4.11. The van der Waals surface area contributed by atoms with Gasteiger partial charge in [0.2, 0.25) is 0 Å². The number of carbonyl (C=O) groups is 1. The van der Waals surface area contributed by atoms with Crippen LogP contribution in [-0.2, 0) is 4.79 Å². The fourth-order valence-electron chi connectivity index (χ4n) is 2.74. The molecule has 3 rings (SSSR count). The highest BCUT2D eigenvalue weighted by Gasteiger charge is 2.18. The van der Waals surface area contributed by atoms with Crippen LogP contribution in [0.25, 0.3) is 5.69 Å². The number of rotatable bonds is 6. The first-order valence-corrected chi connectivity index (χ1v) is 8.86. The minimum atomic E-state index is -0.0684. The number of aromatic nitrogens is 3. The van der Waals surface area contributed by atoms with Crippen LogP contribution in [0.15, 0.2) is 55.1 Å². The molecule has 6 nitrogen and oxygen atoms in total. The first kappa shape index (κ1) is 18.6. The molecule has 1 aromatic heterocycles. The Morgan fingerprint density at radius 2 is 1.89 bits per heavy atom. The van der Waals surface area contributed by atoms with E-state index in [0.29, 0.717) is 5.75 Å². The number of carbonyl (C=O) groups excluding carboxylic acids is 1. The van der Waals surface area contributed by atoms with Gasteiger partial charge in [0.1, 0.15) is 18.4 Å². The van der Waals surface area contributed by atoms with Crippen molar-refractivity contribution < 1.29 is 9.53 Å². The summed E-state index contributed by atoms with van der Waals surface area (Å²) in [6, 6.07) is 13.7. The van der Waals surface area contributed by atoms with E-state index < -0.39 is 0 Å². The van der Waals surface area contributed by atoms with E-state index in [2.05, 4.69) is 10.1 Å². The van der Waals surface area contributed by atoms with Gasteiger partial charge in [-0.25, -0.2) is 9.67 Å². The molecule has 27 heavy (non-hydrogen) atoms. The highest BCUT2D eigenvalue weighted by atomic mass is 16.5. The van der Waals surface area contributed by atoms with E-state index in [1.165, 1.54) is 11.9 Å². The van der Waals surface area contributed by atoms with E-state index >= 15 is 0 Å². The summed E-state index contributed by atoms with van der Waals surface area (Å²) in [4.78, 5) is 18.2. The second kappa shape index (κ2) is 8.03. The normalized spacial score (nSPS) is 11.9. The van der Waals surface area contributed by atoms with Gasteiger partial charge in [-0.1, -0.05) is 18.2 Å². The molecule has 1 heterocycles. The summed E-state index contributed by atoms with van der Waals surface area (Å²) in [5.74, 6) is 0.644. The number of aryl methyl sites for hydroxylation is 2. The van der Waals surface area contributed by atoms with Crippen molar-refractivity contribution in [2.75, 3.05) is 13.7 Å². The Hall–Kier alpha value is -3.15. The summed E-state index contributed by atoms with van der Waals surface area (Å²) in [6.45, 7) is 6.09. The number of ether oxygens (including phenoxy) is 1. The average Bonchev–Trinajstić information content (AvgIpc) is 3.22. The Labute approximate surface area is 159 Å². The van der Waals surface area contributed by atoms with E-state index in [1.807, 2.05) is 63.2 Å². The zero-order valence-electron chi connectivity index (χ0n) is 16.1. The molecule has 140 valence electrons. The Kier molecular flexibility index (Phi) is 5.54. The Morgan fingerprint density at radius 1 is 1.15 bits per heavy atom. The lowest BCUT2D eigenvalue weighted by Crippen LogP contribution is -2.33. The van der Waals surface area contributed by atoms with E-state index in [-0.39, 0.29) is 18.6 Å². The molecular formula is C21H24N4O2. The molecule has 1 amide bonds. The van der Waals surface area contributed by atoms with Crippen LogP contribution in [0.1, 0.15) is 29.7 Å². The third-order valence-corrected chi connectivity index (χ3v) is 4.87. The molecule has 0 spiro atoms. The van der Waals surface area contributed by atoms with E-state index in [4.69, 9.17) is 4.74 Å². The Bertz CT molecular complexity index is 904. The minimum Gasteiger partial charge on any atom is -0.484 e. The van der Waals surface area contributed by atoms with Gasteiger partial charge >= 0.3 is 0 Å². The summed E-state index contributed by atoms with van der Waals surface area (Å²) in [7, 11) is 1.79. The molecule has 3 aromatic rings. The second-order valence-electron chi connectivity index (χ2n) is 6.65. The smallest absolute Gasteiger partial charge is 0.260 e. The molecule has 0 aliphatic rings. The molecule has 0 bridgehead atoms. The number of hydrogen-bond acceptors (Lipinski definition) is 4. The van der Waals surface area contributed by atoms with Crippen LogP contribution in [-0.4, -0.2) is 39.2 Å². The monoisotopic (exact) mass is 364 g/mol. The lowest BCUT2D eigenvalue weighted by molar-refractivity contribution is -0.134. The third-order valence-electron chi connectivity index (χ3n) is 4.87. The SMILES string of the molecule is Cc1ccc(OCC(=O)N(C)[C@@H](C)c2ccc(-n3cncn3)cc2)cc1C. The van der Waals surface area contributed by atoms with Gasteiger partial charge in [0.05, 0.1) is 11.7 Å². The molecule has 0 saturated carbocycles. The van der Waals surface area contributed by atoms with Crippen molar-refractivity contribution in [3.8, 4) is 11.4 Å². The molecule has 0 radical (unpaired) electrons. The number of benzene rings is 2. The maximum atomic E-state index is 12.5. The first-order chi connectivity index (χ1) is 13.0. The van der Waals surface area contributed by atoms with Crippen molar-refractivity contribution in [2.24, 2.45) is 0 Å². The fraction of sp³-hybridized carbons (Fsp3) is 0.286. The summed E-state index contributed by atoms with van der Waals surface area (Å²) in [5.41, 5.74) is 4.32. The quantitative estimate of drug-likeness (QED) is 0.672. The minimum absolute atomic E-state index is 0.0143. The van der Waals surface area contributed by atoms with Crippen molar-refractivity contribution in [1.82, 2.24) is 19.7 Å². The number of likely N-dealkylation sites (N-methyl/N-ethyl adjacent to an activating group) is 1. The van der Waals surface area contributed by atoms with E-state index in [9.17, 15) is 4.79 Å². The van der Waals surface area contributed by atoms with Crippen LogP contribution in [0.3, 0.4) is 0 Å². The summed E-state index contributed by atoms with van der Waals surface area (Å²) in [6.07, 6.45) is 3.15. The van der Waals surface area contributed by atoms with Crippen molar-refractivity contribution in [3.63, 3.8) is 0 Å². The van der Waals surface area contributed by atoms with E-state index in [1.54, 1.807) is 23.0 Å². The van der Waals surface area contributed by atoms with Crippen LogP contribution in [0, 0.1) is 13.8 Å². The van der Waals surface area contributed by atoms with Crippen LogP contribution in [0.4, 0.5) is 0 Å². The largest absolute Gasteiger partial charge is 0.484 e. The van der Waals surface area contributed by atoms with Gasteiger partial charge in [0.15, 0.2) is 6.61 Å². The molecule has 0 N–H and O–H groups in total. The standard InChI is InChI=1S/C21H24N4O2/c1-15-5-10-20(11-16(15)2)27-12-21(26)24(4)17(3)18-6-8-19(9-7-18)25-14-22-13-23-25/h5-11,13-14,17H,12H2,1-4H3/t17-/m0/s1. The predicted molar refractivity (Wildman–Crippen MR) is 104 cm³/mol. The molecule has 1 atom stereocenters. The number of hydrogen-bond donors (Lipinski definition) is 0. The van der Waals surface area contributed by atoms with Gasteiger partial charge in [-0.2, -0.15) is 5.10 Å². The average molecular weight is 364 g/mol. The fourth-order valence-corrected chi connectivity index (χ4v) is 2.74. The number of nitrogens with zero attached hydrogens (tertiary/aromatic N) is 4. The van der Waals surface area contributed by atoms with Gasteiger partial charge in [-0.3, -0.25) is 4.79 Å². The summed E-state index contributed by atoms with van der Waals surface area (Å²) < 4.78 is 7.36. The zero-order chi connectivity index (χ0) is 19.4. The van der Waals surface area contributed by atoms with Crippen LogP contribution in [0.2, 0.25) is 0 Å². The van der Waals surface area contributed by atoms with Crippen molar-refractivity contribution in [1.29, 1.82) is 0 Å². The lowest BCUT2D eigenvalue weighted by atomic mass is 10.1. The predicted octanol–water partition coefficient (Wildman–Crippen LogP) is 3.48. The lowest BCUT2D eigenvalue weighted by Gasteiger charge is -2.25. The van der Waals surface area contributed by atoms with Crippen molar-refractivity contribution in [3.05, 3.63) is 71.8 Å². The van der Waals surface area contributed by atoms with Gasteiger partial charge in [-0.15, -0.1) is 0 Å². The maximum absolute atomic E-state index is 12.5. The molecule has 0 unspecified atom stereocenters. The molecule has 0 saturated heterocycles. The second-order valence-corrected chi connectivity index (χ2v) is 6.65. The highest BCUT2D eigenvalue weighted by Crippen LogP contribution is 2.21. The summed E-state index contributed by atoms with van der Waals surface area (Å²) >= 11 is 0. The zero-order valence-corrected chi connectivity index (χ0v) is 16.1. The molecule has 0 aliphatic heterocycles. The van der Waals surface area contributed by atoms with Crippen LogP contribution in [0.5, 0.6) is 5.75 Å². The molecule has 2 aromatic carbocycles. The van der Waals surface area contributed by atoms with Crippen LogP contribution < -0.4 is 4.74 Å². The molecule has 6 heteroatoms. The van der Waals surface area contributed by atoms with Gasteiger partial charge < -0.3 is 9.64 Å². The van der Waals surface area contributed by atoms with Crippen LogP contribution >= 0.6 is 0 Å². The molecule has 0 aliphatic carbocycles. The first-order valence-electron chi connectivity index (χ1n) is 8.86. The Balaban J connectivity index is 1.61. The topological polar surface area (TPSA) is 60.2 Å². The van der Waals surface area contributed by atoms with E-state index in [0.717, 1.165) is 16.8 Å². The highest BCUT2D eigenvalue weighted by molar-refractivity contribution is 5.78. The maximum Gasteiger partial charge on any atom is 0.260 e. The van der Waals surface area contributed by atoms with Crippen molar-refractivity contribution in [2.45, 2.75) is 26.8 Å². The van der Waals surface area contributed by atoms with Gasteiger partial charge in [-0.05, 0) is 61.7 Å². The molecular weight excluding hydrogens is 340 g/mol. The Morgan fingerprint density at radius 3 is 2.52 bits per heavy atom. The molecule has 0 fully saturated rings. The number of amides is 1. The van der Waals surface area contributed by atoms with Gasteiger partial charge in [0.25, 0.3) is 5.91 Å². The van der Waals surface area contributed by atoms with Gasteiger partial charge in [0, 0.05) is 7.05 Å². The third kappa shape index (κ3) is 4.34.